The molecule has 0 unspecified atom stereocenters. The summed E-state index contributed by atoms with van der Waals surface area (Å²) in [6, 6.07) is 14.6. The molecular weight excluding hydrogens is 426 g/mol. The van der Waals surface area contributed by atoms with Gasteiger partial charge in [0.15, 0.2) is 0 Å². The van der Waals surface area contributed by atoms with Crippen molar-refractivity contribution in [1.82, 2.24) is 0 Å². The monoisotopic (exact) mass is 446 g/mol. The highest BCUT2D eigenvalue weighted by atomic mass is 19.4. The van der Waals surface area contributed by atoms with E-state index in [2.05, 4.69) is 6.92 Å². The fraction of sp³-hybridized carbons (Fsp3) is 0.231. The van der Waals surface area contributed by atoms with Gasteiger partial charge in [-0.3, -0.25) is 0 Å². The van der Waals surface area contributed by atoms with Crippen LogP contribution in [0.15, 0.2) is 54.6 Å². The van der Waals surface area contributed by atoms with Crippen LogP contribution in [0.5, 0.6) is 0 Å². The van der Waals surface area contributed by atoms with E-state index in [1.54, 1.807) is 12.1 Å². The van der Waals surface area contributed by atoms with E-state index >= 15 is 0 Å². The van der Waals surface area contributed by atoms with Gasteiger partial charge in [-0.2, -0.15) is 13.2 Å². The number of aryl methyl sites for hydroxylation is 3. The summed E-state index contributed by atoms with van der Waals surface area (Å²) in [4.78, 5) is 0. The third-order valence-electron chi connectivity index (χ3n) is 4.99. The SMILES string of the molecule is CCCc1ccc(-c2ccc(CCc3cc(F)c(C#CC(F)(F)F)c(F)c3)c(F)c2)cc1. The van der Waals surface area contributed by atoms with Gasteiger partial charge in [-0.25, -0.2) is 13.2 Å². The van der Waals surface area contributed by atoms with Gasteiger partial charge in [-0.15, -0.1) is 0 Å². The molecule has 0 heterocycles. The van der Waals surface area contributed by atoms with Gasteiger partial charge in [-0.1, -0.05) is 55.7 Å². The van der Waals surface area contributed by atoms with Crippen LogP contribution in [0.2, 0.25) is 0 Å². The molecular formula is C26H20F6. The molecule has 6 heteroatoms. The van der Waals surface area contributed by atoms with Crippen molar-refractivity contribution in [3.05, 3.63) is 94.3 Å². The van der Waals surface area contributed by atoms with Crippen LogP contribution in [0, 0.1) is 29.3 Å². The predicted molar refractivity (Wildman–Crippen MR) is 113 cm³/mol. The second-order valence-electron chi connectivity index (χ2n) is 7.44. The van der Waals surface area contributed by atoms with Gasteiger partial charge in [0.1, 0.15) is 17.5 Å². The van der Waals surface area contributed by atoms with Crippen LogP contribution in [0.4, 0.5) is 26.3 Å². The maximum atomic E-state index is 14.6. The van der Waals surface area contributed by atoms with Gasteiger partial charge in [-0.05, 0) is 65.3 Å². The van der Waals surface area contributed by atoms with Gasteiger partial charge in [0.25, 0.3) is 0 Å². The molecule has 0 N–H and O–H groups in total. The molecule has 0 aromatic heterocycles. The van der Waals surface area contributed by atoms with Gasteiger partial charge < -0.3 is 0 Å². The van der Waals surface area contributed by atoms with Crippen LogP contribution in [0.3, 0.4) is 0 Å². The third kappa shape index (κ3) is 6.16. The Morgan fingerprint density at radius 3 is 1.88 bits per heavy atom. The molecule has 3 aromatic carbocycles. The second-order valence-corrected chi connectivity index (χ2v) is 7.44. The Morgan fingerprint density at radius 1 is 0.688 bits per heavy atom. The molecule has 0 radical (unpaired) electrons. The highest BCUT2D eigenvalue weighted by molar-refractivity contribution is 5.64. The molecule has 0 nitrogen and oxygen atoms in total. The largest absolute Gasteiger partial charge is 0.458 e. The van der Waals surface area contributed by atoms with Crippen molar-refractivity contribution < 1.29 is 26.3 Å². The van der Waals surface area contributed by atoms with E-state index in [1.807, 2.05) is 24.3 Å². The maximum Gasteiger partial charge on any atom is 0.458 e. The molecule has 0 bridgehead atoms. The van der Waals surface area contributed by atoms with Crippen molar-refractivity contribution in [1.29, 1.82) is 0 Å². The molecule has 0 aliphatic rings. The topological polar surface area (TPSA) is 0 Å². The molecule has 3 aromatic rings. The summed E-state index contributed by atoms with van der Waals surface area (Å²) in [5.74, 6) is -0.468. The lowest BCUT2D eigenvalue weighted by Gasteiger charge is -2.09. The van der Waals surface area contributed by atoms with Crippen molar-refractivity contribution >= 4 is 0 Å². The first-order valence-corrected chi connectivity index (χ1v) is 10.1. The molecule has 0 aliphatic heterocycles. The first kappa shape index (κ1) is 23.5. The zero-order valence-corrected chi connectivity index (χ0v) is 17.3. The first-order valence-electron chi connectivity index (χ1n) is 10.1. The normalized spacial score (nSPS) is 11.2. The lowest BCUT2D eigenvalue weighted by atomic mass is 9.98. The Labute approximate surface area is 182 Å². The smallest absolute Gasteiger partial charge is 0.207 e. The Balaban J connectivity index is 1.72. The first-order chi connectivity index (χ1) is 15.2. The quantitative estimate of drug-likeness (QED) is 0.273. The van der Waals surface area contributed by atoms with Gasteiger partial charge >= 0.3 is 6.18 Å². The van der Waals surface area contributed by atoms with Crippen LogP contribution in [-0.2, 0) is 19.3 Å². The van der Waals surface area contributed by atoms with Crippen LogP contribution in [0.25, 0.3) is 11.1 Å². The van der Waals surface area contributed by atoms with Crippen molar-refractivity contribution in [3.63, 3.8) is 0 Å². The molecule has 0 spiro atoms. The van der Waals surface area contributed by atoms with E-state index in [0.29, 0.717) is 5.56 Å². The fourth-order valence-corrected chi connectivity index (χ4v) is 3.38. The minimum Gasteiger partial charge on any atom is -0.207 e. The molecule has 32 heavy (non-hydrogen) atoms. The summed E-state index contributed by atoms with van der Waals surface area (Å²) < 4.78 is 79.1. The van der Waals surface area contributed by atoms with E-state index < -0.39 is 29.2 Å². The van der Waals surface area contributed by atoms with Gasteiger partial charge in [0.2, 0.25) is 0 Å². The minimum atomic E-state index is -4.85. The Hall–Kier alpha value is -3.20. The molecule has 0 aliphatic carbocycles. The molecule has 0 amide bonds. The number of alkyl halides is 3. The Kier molecular flexibility index (Phi) is 7.29. The average molecular weight is 446 g/mol. The highest BCUT2D eigenvalue weighted by Crippen LogP contribution is 2.24. The van der Waals surface area contributed by atoms with E-state index in [-0.39, 0.29) is 18.4 Å². The van der Waals surface area contributed by atoms with Crippen molar-refractivity contribution in [3.8, 4) is 23.0 Å². The number of hydrogen-bond acceptors (Lipinski definition) is 0. The van der Waals surface area contributed by atoms with E-state index in [1.165, 1.54) is 17.6 Å². The third-order valence-corrected chi connectivity index (χ3v) is 4.99. The number of halogens is 6. The Morgan fingerprint density at radius 2 is 1.31 bits per heavy atom. The van der Waals surface area contributed by atoms with E-state index in [9.17, 15) is 26.3 Å². The van der Waals surface area contributed by atoms with Crippen LogP contribution in [0.1, 0.15) is 35.6 Å². The van der Waals surface area contributed by atoms with E-state index in [4.69, 9.17) is 0 Å². The lowest BCUT2D eigenvalue weighted by molar-refractivity contribution is -0.0696. The molecule has 0 saturated carbocycles. The van der Waals surface area contributed by atoms with Gasteiger partial charge in [0.05, 0.1) is 5.56 Å². The second kappa shape index (κ2) is 9.95. The molecule has 3 rings (SSSR count). The van der Waals surface area contributed by atoms with Crippen LogP contribution < -0.4 is 0 Å². The minimum absolute atomic E-state index is 0.114. The zero-order chi connectivity index (χ0) is 23.3. The van der Waals surface area contributed by atoms with Crippen molar-refractivity contribution in [2.24, 2.45) is 0 Å². The predicted octanol–water partition coefficient (Wildman–Crippen LogP) is 7.42. The van der Waals surface area contributed by atoms with Crippen LogP contribution in [-0.4, -0.2) is 6.18 Å². The van der Waals surface area contributed by atoms with Crippen molar-refractivity contribution in [2.75, 3.05) is 0 Å². The molecule has 0 saturated heterocycles. The van der Waals surface area contributed by atoms with E-state index in [0.717, 1.165) is 42.0 Å². The highest BCUT2D eigenvalue weighted by Gasteiger charge is 2.23. The zero-order valence-electron chi connectivity index (χ0n) is 17.3. The summed E-state index contributed by atoms with van der Waals surface area (Å²) in [5.41, 5.74) is 2.45. The summed E-state index contributed by atoms with van der Waals surface area (Å²) in [6.45, 7) is 2.10. The van der Waals surface area contributed by atoms with Crippen LogP contribution >= 0.6 is 0 Å². The molecule has 166 valence electrons. The van der Waals surface area contributed by atoms with Gasteiger partial charge in [0, 0.05) is 5.92 Å². The molecule has 0 atom stereocenters. The summed E-state index contributed by atoms with van der Waals surface area (Å²) in [6.07, 6.45) is -2.54. The Bertz CT molecular complexity index is 1120. The van der Waals surface area contributed by atoms with Crippen molar-refractivity contribution in [2.45, 2.75) is 38.8 Å². The summed E-state index contributed by atoms with van der Waals surface area (Å²) >= 11 is 0. The number of benzene rings is 3. The average Bonchev–Trinajstić information content (AvgIpc) is 2.72. The summed E-state index contributed by atoms with van der Waals surface area (Å²) in [5, 5.41) is 0. The standard InChI is InChI=1S/C26H20F6/c1-2-3-17-4-7-19(8-5-17)21-11-10-20(23(27)16-21)9-6-18-14-24(28)22(25(29)15-18)12-13-26(30,31)32/h4-5,7-8,10-11,14-16H,2-3,6,9H2,1H3. The number of hydrogen-bond donors (Lipinski definition) is 0. The molecule has 0 fully saturated rings. The number of rotatable bonds is 6. The lowest BCUT2D eigenvalue weighted by Crippen LogP contribution is -2.03. The maximum absolute atomic E-state index is 14.6. The fourth-order valence-electron chi connectivity index (χ4n) is 3.38. The summed E-state index contributed by atoms with van der Waals surface area (Å²) in [7, 11) is 0.